The summed E-state index contributed by atoms with van der Waals surface area (Å²) in [5.41, 5.74) is 2.86. The molecule has 0 spiro atoms. The Bertz CT molecular complexity index is 640. The second-order valence-electron chi connectivity index (χ2n) is 4.63. The molecular weight excluding hydrogens is 260 g/mol. The van der Waals surface area contributed by atoms with Crippen LogP contribution in [0.3, 0.4) is 0 Å². The third-order valence-electron chi connectivity index (χ3n) is 3.03. The Morgan fingerprint density at radius 2 is 1.52 bits per heavy atom. The molecule has 0 unspecified atom stereocenters. The van der Waals surface area contributed by atoms with Crippen molar-refractivity contribution in [1.29, 1.82) is 0 Å². The van der Waals surface area contributed by atoms with Crippen molar-refractivity contribution in [3.05, 3.63) is 84.4 Å². The van der Waals surface area contributed by atoms with Gasteiger partial charge in [-0.25, -0.2) is 0 Å². The molecule has 0 aliphatic carbocycles. The van der Waals surface area contributed by atoms with Crippen LogP contribution in [0, 0.1) is 0 Å². The largest absolute Gasteiger partial charge is 0.426 e. The molecule has 0 atom stereocenters. The van der Waals surface area contributed by atoms with E-state index in [9.17, 15) is 4.79 Å². The zero-order chi connectivity index (χ0) is 15.1. The molecule has 0 aliphatic heterocycles. The van der Waals surface area contributed by atoms with E-state index in [2.05, 4.69) is 6.58 Å². The predicted octanol–water partition coefficient (Wildman–Crippen LogP) is 4.69. The molecule has 0 saturated heterocycles. The van der Waals surface area contributed by atoms with E-state index < -0.39 is 0 Å². The highest BCUT2D eigenvalue weighted by atomic mass is 16.5. The van der Waals surface area contributed by atoms with Crippen molar-refractivity contribution in [2.24, 2.45) is 0 Å². The molecular formula is C19H18O2. The maximum absolute atomic E-state index is 11.5. The van der Waals surface area contributed by atoms with E-state index in [1.165, 1.54) is 6.92 Å². The molecule has 2 aromatic carbocycles. The predicted molar refractivity (Wildman–Crippen MR) is 86.3 cm³/mol. The minimum atomic E-state index is -0.327. The minimum absolute atomic E-state index is 0.327. The molecule has 2 aromatic rings. The van der Waals surface area contributed by atoms with Crippen molar-refractivity contribution in [3.63, 3.8) is 0 Å². The summed E-state index contributed by atoms with van der Waals surface area (Å²) in [7, 11) is 0. The summed E-state index contributed by atoms with van der Waals surface area (Å²) in [4.78, 5) is 11.5. The van der Waals surface area contributed by atoms with E-state index >= 15 is 0 Å². The van der Waals surface area contributed by atoms with Crippen LogP contribution < -0.4 is 0 Å². The van der Waals surface area contributed by atoms with Gasteiger partial charge in [0.15, 0.2) is 0 Å². The number of benzene rings is 2. The molecule has 106 valence electrons. The average Bonchev–Trinajstić information content (AvgIpc) is 2.52. The van der Waals surface area contributed by atoms with Crippen LogP contribution in [0.2, 0.25) is 0 Å². The van der Waals surface area contributed by atoms with E-state index in [1.807, 2.05) is 66.7 Å². The maximum atomic E-state index is 11.5. The van der Waals surface area contributed by atoms with Gasteiger partial charge in [0.2, 0.25) is 0 Å². The Labute approximate surface area is 125 Å². The van der Waals surface area contributed by atoms with Gasteiger partial charge in [0.1, 0.15) is 5.76 Å². The van der Waals surface area contributed by atoms with Crippen LogP contribution >= 0.6 is 0 Å². The maximum Gasteiger partial charge on any atom is 0.308 e. The number of hydrogen-bond donors (Lipinski definition) is 0. The Kier molecular flexibility index (Phi) is 5.10. The molecule has 0 heterocycles. The molecule has 0 fully saturated rings. The fourth-order valence-electron chi connectivity index (χ4n) is 2.15. The zero-order valence-corrected chi connectivity index (χ0v) is 12.1. The number of carbonyl (C=O) groups excluding carboxylic acids is 1. The molecule has 2 rings (SSSR count). The zero-order valence-electron chi connectivity index (χ0n) is 12.1. The van der Waals surface area contributed by atoms with E-state index in [-0.39, 0.29) is 5.97 Å². The normalized spacial score (nSPS) is 11.5. The topological polar surface area (TPSA) is 26.3 Å². The van der Waals surface area contributed by atoms with E-state index in [1.54, 1.807) is 0 Å². The summed E-state index contributed by atoms with van der Waals surface area (Å²) in [5.74, 6) is 0.264. The van der Waals surface area contributed by atoms with Gasteiger partial charge in [0, 0.05) is 18.1 Å². The Morgan fingerprint density at radius 3 is 2.00 bits per heavy atom. The monoisotopic (exact) mass is 278 g/mol. The molecule has 0 radical (unpaired) electrons. The van der Waals surface area contributed by atoms with Crippen LogP contribution in [0.4, 0.5) is 0 Å². The lowest BCUT2D eigenvalue weighted by atomic mass is 9.98. The van der Waals surface area contributed by atoms with Crippen LogP contribution in [0.1, 0.15) is 24.5 Å². The number of ether oxygens (including phenoxy) is 1. The van der Waals surface area contributed by atoms with Gasteiger partial charge in [-0.3, -0.25) is 4.79 Å². The number of hydrogen-bond acceptors (Lipinski definition) is 2. The molecule has 0 aliphatic rings. The smallest absolute Gasteiger partial charge is 0.308 e. The van der Waals surface area contributed by atoms with Gasteiger partial charge in [-0.15, -0.1) is 6.58 Å². The van der Waals surface area contributed by atoms with Gasteiger partial charge in [-0.2, -0.15) is 0 Å². The highest BCUT2D eigenvalue weighted by Crippen LogP contribution is 2.30. The van der Waals surface area contributed by atoms with Crippen LogP contribution in [-0.2, 0) is 9.53 Å². The second-order valence-corrected chi connectivity index (χ2v) is 4.63. The second kappa shape index (κ2) is 7.25. The fourth-order valence-corrected chi connectivity index (χ4v) is 2.15. The lowest BCUT2D eigenvalue weighted by Gasteiger charge is -2.14. The first kappa shape index (κ1) is 14.8. The van der Waals surface area contributed by atoms with Gasteiger partial charge in [0.25, 0.3) is 0 Å². The van der Waals surface area contributed by atoms with Gasteiger partial charge in [0.05, 0.1) is 0 Å². The summed E-state index contributed by atoms with van der Waals surface area (Å²) in [6.07, 6.45) is 2.44. The highest BCUT2D eigenvalue weighted by Gasteiger charge is 2.14. The van der Waals surface area contributed by atoms with E-state index in [4.69, 9.17) is 4.74 Å². The number of carbonyl (C=O) groups is 1. The van der Waals surface area contributed by atoms with Gasteiger partial charge in [-0.05, 0) is 12.0 Å². The first-order valence-electron chi connectivity index (χ1n) is 6.85. The van der Waals surface area contributed by atoms with Gasteiger partial charge in [-0.1, -0.05) is 66.7 Å². The SMILES string of the molecule is C=CC/C(=C(/OC(C)=O)c1ccccc1)c1ccccc1. The van der Waals surface area contributed by atoms with Crippen molar-refractivity contribution in [1.82, 2.24) is 0 Å². The van der Waals surface area contributed by atoms with E-state index in [0.29, 0.717) is 12.2 Å². The molecule has 0 N–H and O–H groups in total. The Hall–Kier alpha value is -2.61. The third kappa shape index (κ3) is 3.93. The van der Waals surface area contributed by atoms with Crippen LogP contribution in [-0.4, -0.2) is 5.97 Å². The van der Waals surface area contributed by atoms with Crippen molar-refractivity contribution < 1.29 is 9.53 Å². The lowest BCUT2D eigenvalue weighted by molar-refractivity contribution is -0.134. The van der Waals surface area contributed by atoms with Crippen LogP contribution in [0.15, 0.2) is 73.3 Å². The highest BCUT2D eigenvalue weighted by molar-refractivity contribution is 5.92. The molecule has 0 saturated carbocycles. The summed E-state index contributed by atoms with van der Waals surface area (Å²) in [5, 5.41) is 0. The number of allylic oxidation sites excluding steroid dienone is 2. The van der Waals surface area contributed by atoms with Gasteiger partial charge >= 0.3 is 5.97 Å². The van der Waals surface area contributed by atoms with Crippen LogP contribution in [0.5, 0.6) is 0 Å². The number of rotatable bonds is 5. The minimum Gasteiger partial charge on any atom is -0.426 e. The quantitative estimate of drug-likeness (QED) is 0.343. The van der Waals surface area contributed by atoms with E-state index in [0.717, 1.165) is 16.7 Å². The Morgan fingerprint density at radius 1 is 1.00 bits per heavy atom. The molecule has 0 bridgehead atoms. The molecule has 0 aromatic heterocycles. The summed E-state index contributed by atoms with van der Waals surface area (Å²) >= 11 is 0. The molecule has 2 heteroatoms. The van der Waals surface area contributed by atoms with Crippen LogP contribution in [0.25, 0.3) is 11.3 Å². The molecule has 0 amide bonds. The first-order valence-corrected chi connectivity index (χ1v) is 6.85. The standard InChI is InChI=1S/C19H18O2/c1-3-10-18(16-11-6-4-7-12-16)19(21-15(2)20)17-13-8-5-9-14-17/h3-9,11-14H,1,10H2,2H3/b19-18-. The lowest BCUT2D eigenvalue weighted by Crippen LogP contribution is -2.02. The summed E-state index contributed by atoms with van der Waals surface area (Å²) < 4.78 is 5.50. The van der Waals surface area contributed by atoms with Crippen molar-refractivity contribution >= 4 is 17.3 Å². The fraction of sp³-hybridized carbons (Fsp3) is 0.105. The summed E-state index contributed by atoms with van der Waals surface area (Å²) in [6, 6.07) is 19.6. The van der Waals surface area contributed by atoms with Crippen molar-refractivity contribution in [2.75, 3.05) is 0 Å². The van der Waals surface area contributed by atoms with Crippen molar-refractivity contribution in [2.45, 2.75) is 13.3 Å². The molecule has 2 nitrogen and oxygen atoms in total. The van der Waals surface area contributed by atoms with Gasteiger partial charge < -0.3 is 4.74 Å². The molecule has 21 heavy (non-hydrogen) atoms. The summed E-state index contributed by atoms with van der Waals surface area (Å²) in [6.45, 7) is 5.22. The third-order valence-corrected chi connectivity index (χ3v) is 3.03. The Balaban J connectivity index is 2.61. The average molecular weight is 278 g/mol. The first-order chi connectivity index (χ1) is 10.2. The number of esters is 1. The van der Waals surface area contributed by atoms with Crippen molar-refractivity contribution in [3.8, 4) is 0 Å².